The first-order valence-corrected chi connectivity index (χ1v) is 6.85. The monoisotopic (exact) mass is 243 g/mol. The molecule has 1 saturated heterocycles. The summed E-state index contributed by atoms with van der Waals surface area (Å²) in [6, 6.07) is 4.76. The van der Waals surface area contributed by atoms with Crippen molar-refractivity contribution < 1.29 is 0 Å². The number of aryl methyl sites for hydroxylation is 2. The first-order chi connectivity index (χ1) is 8.65. The zero-order chi connectivity index (χ0) is 12.7. The average Bonchev–Trinajstić information content (AvgIpc) is 2.73. The van der Waals surface area contributed by atoms with Gasteiger partial charge in [-0.15, -0.1) is 0 Å². The summed E-state index contributed by atoms with van der Waals surface area (Å²) >= 11 is 0. The summed E-state index contributed by atoms with van der Waals surface area (Å²) in [6.07, 6.45) is 2.56. The third-order valence-corrected chi connectivity index (χ3v) is 4.18. The largest absolute Gasteiger partial charge is 0.341 e. The maximum Gasteiger partial charge on any atom is 0.124 e. The Morgan fingerprint density at radius 1 is 1.22 bits per heavy atom. The Kier molecular flexibility index (Phi) is 2.86. The van der Waals surface area contributed by atoms with Crippen LogP contribution in [-0.2, 0) is 0 Å². The summed E-state index contributed by atoms with van der Waals surface area (Å²) in [5.74, 6) is 1.75. The van der Waals surface area contributed by atoms with Gasteiger partial charge < -0.3 is 10.3 Å². The van der Waals surface area contributed by atoms with Crippen LogP contribution in [0.5, 0.6) is 0 Å². The summed E-state index contributed by atoms with van der Waals surface area (Å²) in [5.41, 5.74) is 4.88. The van der Waals surface area contributed by atoms with Gasteiger partial charge in [0.05, 0.1) is 17.1 Å². The highest BCUT2D eigenvalue weighted by atomic mass is 15.0. The number of imidazole rings is 1. The van der Waals surface area contributed by atoms with Gasteiger partial charge in [-0.2, -0.15) is 0 Å². The van der Waals surface area contributed by atoms with Crippen LogP contribution in [0.4, 0.5) is 0 Å². The zero-order valence-electron chi connectivity index (χ0n) is 11.4. The summed E-state index contributed by atoms with van der Waals surface area (Å²) in [5, 5.41) is 3.58. The maximum absolute atomic E-state index is 4.77. The fraction of sp³-hybridized carbons (Fsp3) is 0.533. The number of piperidine rings is 1. The first-order valence-electron chi connectivity index (χ1n) is 6.85. The second-order valence-corrected chi connectivity index (χ2v) is 5.63. The Hall–Kier alpha value is -1.35. The molecule has 0 bridgehead atoms. The molecule has 3 heteroatoms. The third-order valence-electron chi connectivity index (χ3n) is 4.18. The minimum Gasteiger partial charge on any atom is -0.341 e. The Morgan fingerprint density at radius 2 is 2.00 bits per heavy atom. The van der Waals surface area contributed by atoms with E-state index in [4.69, 9.17) is 4.98 Å². The van der Waals surface area contributed by atoms with E-state index in [1.165, 1.54) is 24.0 Å². The molecule has 3 rings (SSSR count). The van der Waals surface area contributed by atoms with E-state index in [1.54, 1.807) is 0 Å². The second kappa shape index (κ2) is 4.39. The Labute approximate surface area is 108 Å². The lowest BCUT2D eigenvalue weighted by Crippen LogP contribution is -2.33. The quantitative estimate of drug-likeness (QED) is 0.807. The number of rotatable bonds is 1. The number of nitrogens with one attached hydrogen (secondary N) is 2. The SMILES string of the molecule is Cc1cc2nc(C3NCCCC3C)[nH]c2cc1C. The number of nitrogens with zero attached hydrogens (tertiary/aromatic N) is 1. The van der Waals surface area contributed by atoms with Gasteiger partial charge in [-0.1, -0.05) is 6.92 Å². The topological polar surface area (TPSA) is 40.7 Å². The molecule has 2 unspecified atom stereocenters. The molecule has 1 aliphatic rings. The van der Waals surface area contributed by atoms with E-state index in [0.717, 1.165) is 23.4 Å². The number of hydrogen-bond acceptors (Lipinski definition) is 2. The molecule has 2 atom stereocenters. The third kappa shape index (κ3) is 1.93. The van der Waals surface area contributed by atoms with Crippen molar-refractivity contribution in [2.75, 3.05) is 6.54 Å². The van der Waals surface area contributed by atoms with Gasteiger partial charge >= 0.3 is 0 Å². The van der Waals surface area contributed by atoms with Crippen LogP contribution >= 0.6 is 0 Å². The van der Waals surface area contributed by atoms with Gasteiger partial charge in [-0.3, -0.25) is 0 Å². The molecule has 1 aromatic heterocycles. The molecule has 0 aliphatic carbocycles. The number of benzene rings is 1. The van der Waals surface area contributed by atoms with Gasteiger partial charge in [-0.05, 0) is 62.4 Å². The minimum absolute atomic E-state index is 0.381. The molecule has 2 aromatic rings. The van der Waals surface area contributed by atoms with Crippen LogP contribution in [-0.4, -0.2) is 16.5 Å². The molecule has 0 spiro atoms. The van der Waals surface area contributed by atoms with Crippen molar-refractivity contribution in [3.8, 4) is 0 Å². The molecule has 18 heavy (non-hydrogen) atoms. The Balaban J connectivity index is 2.02. The van der Waals surface area contributed by atoms with Crippen molar-refractivity contribution in [3.05, 3.63) is 29.1 Å². The highest BCUT2D eigenvalue weighted by molar-refractivity contribution is 5.77. The van der Waals surface area contributed by atoms with Crippen LogP contribution in [0, 0.1) is 19.8 Å². The van der Waals surface area contributed by atoms with Crippen LogP contribution in [0.1, 0.15) is 42.8 Å². The van der Waals surface area contributed by atoms with Crippen molar-refractivity contribution in [2.45, 2.75) is 39.7 Å². The van der Waals surface area contributed by atoms with Crippen molar-refractivity contribution in [2.24, 2.45) is 5.92 Å². The second-order valence-electron chi connectivity index (χ2n) is 5.63. The summed E-state index contributed by atoms with van der Waals surface area (Å²) in [6.45, 7) is 7.70. The number of fused-ring (bicyclic) bond motifs is 1. The number of H-pyrrole nitrogens is 1. The Bertz CT molecular complexity index is 531. The van der Waals surface area contributed by atoms with Gasteiger partial charge in [0.25, 0.3) is 0 Å². The number of hydrogen-bond donors (Lipinski definition) is 2. The molecular weight excluding hydrogens is 222 g/mol. The van der Waals surface area contributed by atoms with Crippen LogP contribution < -0.4 is 5.32 Å². The molecular formula is C15H21N3. The molecule has 2 N–H and O–H groups in total. The fourth-order valence-corrected chi connectivity index (χ4v) is 2.85. The molecule has 1 aromatic carbocycles. The van der Waals surface area contributed by atoms with Gasteiger partial charge in [0.1, 0.15) is 5.82 Å². The molecule has 1 aliphatic heterocycles. The predicted octanol–water partition coefficient (Wildman–Crippen LogP) is 3.24. The standard InChI is InChI=1S/C15H21N3/c1-9-5-4-6-16-14(9)15-17-12-7-10(2)11(3)8-13(12)18-15/h7-9,14,16H,4-6H2,1-3H3,(H,17,18). The van der Waals surface area contributed by atoms with Crippen molar-refractivity contribution >= 4 is 11.0 Å². The van der Waals surface area contributed by atoms with E-state index in [-0.39, 0.29) is 0 Å². The summed E-state index contributed by atoms with van der Waals surface area (Å²) in [4.78, 5) is 8.26. The smallest absolute Gasteiger partial charge is 0.124 e. The molecule has 96 valence electrons. The van der Waals surface area contributed by atoms with E-state index < -0.39 is 0 Å². The van der Waals surface area contributed by atoms with E-state index in [0.29, 0.717) is 12.0 Å². The van der Waals surface area contributed by atoms with Crippen molar-refractivity contribution in [1.29, 1.82) is 0 Å². The lowest BCUT2D eigenvalue weighted by molar-refractivity contribution is 0.296. The normalized spacial score (nSPS) is 24.6. The van der Waals surface area contributed by atoms with Gasteiger partial charge in [0.15, 0.2) is 0 Å². The van der Waals surface area contributed by atoms with E-state index in [2.05, 4.69) is 43.2 Å². The Morgan fingerprint density at radius 3 is 2.78 bits per heavy atom. The highest BCUT2D eigenvalue weighted by Crippen LogP contribution is 2.29. The summed E-state index contributed by atoms with van der Waals surface area (Å²) < 4.78 is 0. The molecule has 0 radical (unpaired) electrons. The molecule has 0 saturated carbocycles. The highest BCUT2D eigenvalue weighted by Gasteiger charge is 2.25. The average molecular weight is 243 g/mol. The number of aromatic amines is 1. The van der Waals surface area contributed by atoms with Crippen LogP contribution in [0.3, 0.4) is 0 Å². The van der Waals surface area contributed by atoms with E-state index in [1.807, 2.05) is 0 Å². The maximum atomic E-state index is 4.77. The molecule has 3 nitrogen and oxygen atoms in total. The van der Waals surface area contributed by atoms with Crippen LogP contribution in [0.2, 0.25) is 0 Å². The van der Waals surface area contributed by atoms with Crippen molar-refractivity contribution in [1.82, 2.24) is 15.3 Å². The molecule has 0 amide bonds. The van der Waals surface area contributed by atoms with Crippen molar-refractivity contribution in [3.63, 3.8) is 0 Å². The first kappa shape index (κ1) is 11.7. The van der Waals surface area contributed by atoms with Gasteiger partial charge in [-0.25, -0.2) is 4.98 Å². The lowest BCUT2D eigenvalue weighted by atomic mass is 9.92. The zero-order valence-corrected chi connectivity index (χ0v) is 11.4. The van der Waals surface area contributed by atoms with Crippen LogP contribution in [0.25, 0.3) is 11.0 Å². The fourth-order valence-electron chi connectivity index (χ4n) is 2.85. The van der Waals surface area contributed by atoms with E-state index >= 15 is 0 Å². The molecule has 1 fully saturated rings. The molecule has 2 heterocycles. The van der Waals surface area contributed by atoms with Gasteiger partial charge in [0.2, 0.25) is 0 Å². The lowest BCUT2D eigenvalue weighted by Gasteiger charge is -2.28. The van der Waals surface area contributed by atoms with E-state index in [9.17, 15) is 0 Å². The van der Waals surface area contributed by atoms with Gasteiger partial charge in [0, 0.05) is 0 Å². The summed E-state index contributed by atoms with van der Waals surface area (Å²) in [7, 11) is 0. The minimum atomic E-state index is 0.381. The predicted molar refractivity (Wildman–Crippen MR) is 74.7 cm³/mol. The van der Waals surface area contributed by atoms with Crippen LogP contribution in [0.15, 0.2) is 12.1 Å². The number of aromatic nitrogens is 2.